The number of hydrogen-bond donors (Lipinski definition) is 0. The van der Waals surface area contributed by atoms with E-state index in [0.29, 0.717) is 13.0 Å². The van der Waals surface area contributed by atoms with Gasteiger partial charge in [0.25, 0.3) is 5.91 Å². The molecule has 1 spiro atoms. The van der Waals surface area contributed by atoms with E-state index in [-0.39, 0.29) is 11.9 Å². The summed E-state index contributed by atoms with van der Waals surface area (Å²) >= 11 is 0. The molecule has 4 nitrogen and oxygen atoms in total. The number of anilines is 1. The molecule has 146 valence electrons. The summed E-state index contributed by atoms with van der Waals surface area (Å²) in [7, 11) is 0. The topological polar surface area (TPSA) is 40.6 Å². The van der Waals surface area contributed by atoms with Crippen molar-refractivity contribution in [1.82, 2.24) is 4.90 Å². The van der Waals surface area contributed by atoms with Gasteiger partial charge in [0.05, 0.1) is 0 Å². The van der Waals surface area contributed by atoms with Crippen molar-refractivity contribution in [2.45, 2.75) is 57.4 Å². The van der Waals surface area contributed by atoms with Gasteiger partial charge in [-0.25, -0.2) is 4.79 Å². The van der Waals surface area contributed by atoms with Gasteiger partial charge < -0.3 is 0 Å². The maximum atomic E-state index is 13.8. The molecule has 1 aliphatic heterocycles. The number of amides is 3. The van der Waals surface area contributed by atoms with Crippen molar-refractivity contribution in [3.63, 3.8) is 0 Å². The van der Waals surface area contributed by atoms with Gasteiger partial charge in [0.15, 0.2) is 5.54 Å². The van der Waals surface area contributed by atoms with Gasteiger partial charge >= 0.3 is 6.03 Å². The fourth-order valence-corrected chi connectivity index (χ4v) is 4.76. The lowest BCUT2D eigenvalue weighted by atomic mass is 9.75. The maximum absolute atomic E-state index is 13.8. The van der Waals surface area contributed by atoms with Crippen molar-refractivity contribution < 1.29 is 9.59 Å². The number of carbonyl (C=O) groups excluding carboxylic acids is 2. The average Bonchev–Trinajstić information content (AvgIpc) is 2.93. The number of carbonyl (C=O) groups is 2. The normalized spacial score (nSPS) is 21.5. The summed E-state index contributed by atoms with van der Waals surface area (Å²) < 4.78 is 0. The van der Waals surface area contributed by atoms with E-state index in [9.17, 15) is 9.59 Å². The van der Waals surface area contributed by atoms with E-state index in [0.717, 1.165) is 49.8 Å². The third-order valence-electron chi connectivity index (χ3n) is 6.10. The third kappa shape index (κ3) is 2.92. The number of para-hydroxylation sites is 1. The molecule has 0 N–H and O–H groups in total. The molecule has 2 aromatic carbocycles. The van der Waals surface area contributed by atoms with Crippen LogP contribution in [0.4, 0.5) is 10.5 Å². The molecule has 3 amide bonds. The number of rotatable bonds is 6. The molecule has 0 bridgehead atoms. The minimum Gasteiger partial charge on any atom is -0.275 e. The highest BCUT2D eigenvalue weighted by Crippen LogP contribution is 2.48. The molecule has 2 aromatic rings. The predicted octanol–water partition coefficient (Wildman–Crippen LogP) is 5.27. The Morgan fingerprint density at radius 2 is 1.68 bits per heavy atom. The minimum absolute atomic E-state index is 0.0509. The number of aryl methyl sites for hydroxylation is 1. The largest absolute Gasteiger partial charge is 0.332 e. The zero-order valence-electron chi connectivity index (χ0n) is 16.6. The standard InChI is InChI=1S/C24H28N2O2/c1-2-3-4-10-18-25-22(27)24(17-11-13-19-12-8-9-16-21(19)24)26(23(25)28)20-14-6-5-7-15-20/h5-9,12,14-16H,2-4,10-11,13,17-18H2,1H3. The van der Waals surface area contributed by atoms with Gasteiger partial charge in [-0.2, -0.15) is 0 Å². The quantitative estimate of drug-likeness (QED) is 0.509. The van der Waals surface area contributed by atoms with Gasteiger partial charge in [0, 0.05) is 12.2 Å². The summed E-state index contributed by atoms with van der Waals surface area (Å²) in [5.41, 5.74) is 2.08. The number of fused-ring (bicyclic) bond motifs is 2. The second kappa shape index (κ2) is 7.78. The second-order valence-corrected chi connectivity index (χ2v) is 7.84. The zero-order valence-corrected chi connectivity index (χ0v) is 16.6. The van der Waals surface area contributed by atoms with Crippen LogP contribution in [0.25, 0.3) is 0 Å². The highest BCUT2D eigenvalue weighted by molar-refractivity contribution is 6.17. The van der Waals surface area contributed by atoms with Crippen LogP contribution >= 0.6 is 0 Å². The van der Waals surface area contributed by atoms with Gasteiger partial charge in [0.2, 0.25) is 0 Å². The summed E-state index contributed by atoms with van der Waals surface area (Å²) in [6.45, 7) is 2.67. The molecular weight excluding hydrogens is 348 g/mol. The Bertz CT molecular complexity index is 864. The third-order valence-corrected chi connectivity index (χ3v) is 6.10. The maximum Gasteiger partial charge on any atom is 0.332 e. The van der Waals surface area contributed by atoms with E-state index < -0.39 is 5.54 Å². The molecule has 4 heteroatoms. The Balaban J connectivity index is 1.79. The minimum atomic E-state index is -0.905. The lowest BCUT2D eigenvalue weighted by Crippen LogP contribution is -2.49. The summed E-state index contributed by atoms with van der Waals surface area (Å²) in [4.78, 5) is 30.5. The Morgan fingerprint density at radius 3 is 2.46 bits per heavy atom. The van der Waals surface area contributed by atoms with E-state index in [1.807, 2.05) is 48.5 Å². The van der Waals surface area contributed by atoms with Crippen molar-refractivity contribution >= 4 is 17.6 Å². The van der Waals surface area contributed by atoms with Gasteiger partial charge in [-0.1, -0.05) is 68.7 Å². The van der Waals surface area contributed by atoms with Crippen LogP contribution in [0.3, 0.4) is 0 Å². The summed E-state index contributed by atoms with van der Waals surface area (Å²) in [6, 6.07) is 17.6. The van der Waals surface area contributed by atoms with Crippen LogP contribution in [-0.4, -0.2) is 23.4 Å². The Labute approximate surface area is 167 Å². The van der Waals surface area contributed by atoms with E-state index in [4.69, 9.17) is 0 Å². The van der Waals surface area contributed by atoms with E-state index in [1.165, 1.54) is 10.5 Å². The molecule has 1 saturated heterocycles. The fourth-order valence-electron chi connectivity index (χ4n) is 4.76. The molecule has 0 saturated carbocycles. The first-order valence-corrected chi connectivity index (χ1v) is 10.5. The second-order valence-electron chi connectivity index (χ2n) is 7.84. The zero-order chi connectivity index (χ0) is 19.6. The average molecular weight is 377 g/mol. The predicted molar refractivity (Wildman–Crippen MR) is 111 cm³/mol. The molecule has 1 fully saturated rings. The number of hydrogen-bond acceptors (Lipinski definition) is 2. The number of imide groups is 1. The van der Waals surface area contributed by atoms with Crippen molar-refractivity contribution in [3.05, 3.63) is 65.7 Å². The van der Waals surface area contributed by atoms with E-state index >= 15 is 0 Å². The van der Waals surface area contributed by atoms with Crippen LogP contribution in [0.1, 0.15) is 56.6 Å². The van der Waals surface area contributed by atoms with Crippen molar-refractivity contribution in [3.8, 4) is 0 Å². The first-order chi connectivity index (χ1) is 13.7. The number of urea groups is 1. The number of benzene rings is 2. The molecule has 0 radical (unpaired) electrons. The van der Waals surface area contributed by atoms with Crippen LogP contribution in [0, 0.1) is 0 Å². The smallest absolute Gasteiger partial charge is 0.275 e. The lowest BCUT2D eigenvalue weighted by molar-refractivity contribution is -0.131. The van der Waals surface area contributed by atoms with Crippen molar-refractivity contribution in [2.75, 3.05) is 11.4 Å². The Kier molecular flexibility index (Phi) is 5.21. The Morgan fingerprint density at radius 1 is 0.929 bits per heavy atom. The highest BCUT2D eigenvalue weighted by Gasteiger charge is 2.59. The number of unbranched alkanes of at least 4 members (excludes halogenated alkanes) is 3. The lowest BCUT2D eigenvalue weighted by Gasteiger charge is -2.39. The summed E-state index contributed by atoms with van der Waals surface area (Å²) in [5.74, 6) is -0.0509. The Hall–Kier alpha value is -2.62. The highest BCUT2D eigenvalue weighted by atomic mass is 16.2. The van der Waals surface area contributed by atoms with E-state index in [1.54, 1.807) is 4.90 Å². The van der Waals surface area contributed by atoms with E-state index in [2.05, 4.69) is 13.0 Å². The molecule has 1 unspecified atom stereocenters. The summed E-state index contributed by atoms with van der Waals surface area (Å²) in [5, 5.41) is 0. The van der Waals surface area contributed by atoms with Crippen molar-refractivity contribution in [2.24, 2.45) is 0 Å². The fraction of sp³-hybridized carbons (Fsp3) is 0.417. The monoisotopic (exact) mass is 376 g/mol. The first-order valence-electron chi connectivity index (χ1n) is 10.5. The van der Waals surface area contributed by atoms with Crippen LogP contribution in [0.5, 0.6) is 0 Å². The molecule has 1 aliphatic carbocycles. The van der Waals surface area contributed by atoms with Crippen LogP contribution in [0.2, 0.25) is 0 Å². The van der Waals surface area contributed by atoms with Crippen LogP contribution in [0.15, 0.2) is 54.6 Å². The summed E-state index contributed by atoms with van der Waals surface area (Å²) in [6.07, 6.45) is 6.71. The van der Waals surface area contributed by atoms with Gasteiger partial charge in [-0.3, -0.25) is 14.6 Å². The van der Waals surface area contributed by atoms with Crippen LogP contribution < -0.4 is 4.90 Å². The SMILES string of the molecule is CCCCCCN1C(=O)N(c2ccccc2)C2(CCCc3ccccc32)C1=O. The molecule has 28 heavy (non-hydrogen) atoms. The molecule has 0 aromatic heterocycles. The van der Waals surface area contributed by atoms with Gasteiger partial charge in [-0.15, -0.1) is 0 Å². The molecular formula is C24H28N2O2. The van der Waals surface area contributed by atoms with Crippen molar-refractivity contribution in [1.29, 1.82) is 0 Å². The number of nitrogens with zero attached hydrogens (tertiary/aromatic N) is 2. The first kappa shape index (κ1) is 18.7. The van der Waals surface area contributed by atoms with Gasteiger partial charge in [0.1, 0.15) is 0 Å². The molecule has 1 heterocycles. The van der Waals surface area contributed by atoms with Crippen LogP contribution in [-0.2, 0) is 16.8 Å². The molecule has 2 aliphatic rings. The molecule has 4 rings (SSSR count). The van der Waals surface area contributed by atoms with Gasteiger partial charge in [-0.05, 0) is 48.9 Å². The molecule has 1 atom stereocenters.